The molecule has 7 heteroatoms. The molecule has 0 bridgehead atoms. The van der Waals surface area contributed by atoms with Gasteiger partial charge in [0.1, 0.15) is 5.75 Å². The van der Waals surface area contributed by atoms with Gasteiger partial charge in [-0.2, -0.15) is 0 Å². The average molecular weight is 359 g/mol. The number of Topliss-reactive ketones (excluding diaryl/α,β-unsaturated/α-hetero) is 1. The fraction of sp³-hybridized carbons (Fsp3) is 0.389. The van der Waals surface area contributed by atoms with Crippen LogP contribution in [-0.4, -0.2) is 43.4 Å². The highest BCUT2D eigenvalue weighted by atomic mass is 32.1. The van der Waals surface area contributed by atoms with E-state index >= 15 is 0 Å². The van der Waals surface area contributed by atoms with E-state index in [1.807, 2.05) is 0 Å². The first-order chi connectivity index (χ1) is 12.2. The maximum atomic E-state index is 12.3. The number of aromatic nitrogens is 1. The lowest BCUT2D eigenvalue weighted by atomic mass is 10.1. The van der Waals surface area contributed by atoms with E-state index in [9.17, 15) is 9.59 Å². The lowest BCUT2D eigenvalue weighted by Gasteiger charge is -2.25. The van der Waals surface area contributed by atoms with Gasteiger partial charge in [-0.3, -0.25) is 9.59 Å². The molecule has 6 nitrogen and oxygen atoms in total. The van der Waals surface area contributed by atoms with Gasteiger partial charge in [0, 0.05) is 25.7 Å². The molecule has 0 aliphatic carbocycles. The highest BCUT2D eigenvalue weighted by molar-refractivity contribution is 7.17. The highest BCUT2D eigenvalue weighted by Crippen LogP contribution is 2.26. The molecule has 0 atom stereocenters. The molecule has 1 aromatic heterocycles. The molecule has 0 radical (unpaired) electrons. The molecule has 1 aliphatic rings. The second-order valence-electron chi connectivity index (χ2n) is 5.87. The largest absolute Gasteiger partial charge is 0.485 e. The zero-order valence-corrected chi connectivity index (χ0v) is 15.0. The molecule has 0 spiro atoms. The number of carbonyl (C=O) groups is 2. The molecule has 2 aromatic rings. The first-order valence-corrected chi connectivity index (χ1v) is 9.18. The first-order valence-electron chi connectivity index (χ1n) is 8.36. The Morgan fingerprint density at radius 3 is 2.60 bits per heavy atom. The smallest absolute Gasteiger partial charge is 0.251 e. The first kappa shape index (κ1) is 17.4. The highest BCUT2D eigenvalue weighted by Gasteiger charge is 2.17. The van der Waals surface area contributed by atoms with Gasteiger partial charge in [-0.15, -0.1) is 0 Å². The molecular formula is C18H21N3O3S. The van der Waals surface area contributed by atoms with E-state index in [1.54, 1.807) is 37.5 Å². The number of amides is 1. The number of hydrogen-bond donors (Lipinski definition) is 1. The van der Waals surface area contributed by atoms with Crippen molar-refractivity contribution in [1.29, 1.82) is 0 Å². The summed E-state index contributed by atoms with van der Waals surface area (Å²) in [5, 5.41) is 3.47. The molecule has 1 fully saturated rings. The van der Waals surface area contributed by atoms with E-state index in [0.29, 0.717) is 16.2 Å². The minimum atomic E-state index is -0.155. The van der Waals surface area contributed by atoms with E-state index in [-0.39, 0.29) is 18.3 Å². The van der Waals surface area contributed by atoms with Crippen LogP contribution >= 0.6 is 11.3 Å². The van der Waals surface area contributed by atoms with Crippen LogP contribution in [0.25, 0.3) is 0 Å². The van der Waals surface area contributed by atoms with E-state index in [4.69, 9.17) is 4.74 Å². The Morgan fingerprint density at radius 1 is 1.20 bits per heavy atom. The summed E-state index contributed by atoms with van der Waals surface area (Å²) in [4.78, 5) is 31.0. The fourth-order valence-corrected chi connectivity index (χ4v) is 3.58. The van der Waals surface area contributed by atoms with Crippen LogP contribution in [0.5, 0.6) is 5.75 Å². The van der Waals surface area contributed by atoms with Crippen molar-refractivity contribution in [3.8, 4) is 5.75 Å². The monoisotopic (exact) mass is 359 g/mol. The standard InChI is InChI=1S/C18H21N3O3S/c1-19-17(23)13-5-7-14(8-6-13)24-12-15(22)16-11-20-18(25-16)21-9-3-2-4-10-21/h5-8,11H,2-4,9-10,12H2,1H3,(H,19,23). The van der Waals surface area contributed by atoms with Crippen molar-refractivity contribution in [3.05, 3.63) is 40.9 Å². The Balaban J connectivity index is 1.55. The van der Waals surface area contributed by atoms with Crippen LogP contribution in [0, 0.1) is 0 Å². The molecule has 132 valence electrons. The molecule has 3 rings (SSSR count). The third-order valence-electron chi connectivity index (χ3n) is 4.11. The lowest BCUT2D eigenvalue weighted by molar-refractivity contribution is 0.0922. The number of piperidine rings is 1. The zero-order chi connectivity index (χ0) is 17.6. The predicted octanol–water partition coefficient (Wildman–Crippen LogP) is 2.75. The summed E-state index contributed by atoms with van der Waals surface area (Å²) < 4.78 is 5.53. The van der Waals surface area contributed by atoms with Gasteiger partial charge in [0.05, 0.1) is 11.1 Å². The number of nitrogens with one attached hydrogen (secondary N) is 1. The van der Waals surface area contributed by atoms with Crippen molar-refractivity contribution in [1.82, 2.24) is 10.3 Å². The van der Waals surface area contributed by atoms with Crippen molar-refractivity contribution >= 4 is 28.2 Å². The third-order valence-corrected chi connectivity index (χ3v) is 5.21. The van der Waals surface area contributed by atoms with Gasteiger partial charge < -0.3 is 15.0 Å². The number of ketones is 1. The number of anilines is 1. The van der Waals surface area contributed by atoms with Gasteiger partial charge in [0.15, 0.2) is 11.7 Å². The van der Waals surface area contributed by atoms with Gasteiger partial charge in [-0.05, 0) is 43.5 Å². The van der Waals surface area contributed by atoms with E-state index in [1.165, 1.54) is 30.6 Å². The van der Waals surface area contributed by atoms with Crippen LogP contribution in [0.4, 0.5) is 5.13 Å². The van der Waals surface area contributed by atoms with E-state index in [0.717, 1.165) is 18.2 Å². The average Bonchev–Trinajstić information content (AvgIpc) is 3.17. The zero-order valence-electron chi connectivity index (χ0n) is 14.2. The Labute approximate surface area is 150 Å². The molecule has 2 heterocycles. The molecule has 1 saturated heterocycles. The number of ether oxygens (including phenoxy) is 1. The molecular weight excluding hydrogens is 338 g/mol. The number of nitrogens with zero attached hydrogens (tertiary/aromatic N) is 2. The quantitative estimate of drug-likeness (QED) is 0.803. The summed E-state index contributed by atoms with van der Waals surface area (Å²) in [6.45, 7) is 1.98. The molecule has 0 unspecified atom stereocenters. The van der Waals surface area contributed by atoms with Crippen molar-refractivity contribution < 1.29 is 14.3 Å². The van der Waals surface area contributed by atoms with Gasteiger partial charge in [0.25, 0.3) is 5.91 Å². The summed E-state index contributed by atoms with van der Waals surface area (Å²) in [7, 11) is 1.58. The molecule has 1 aliphatic heterocycles. The lowest BCUT2D eigenvalue weighted by Crippen LogP contribution is -2.29. The summed E-state index contributed by atoms with van der Waals surface area (Å²) in [6.07, 6.45) is 5.26. The van der Waals surface area contributed by atoms with Crippen LogP contribution in [0.15, 0.2) is 30.5 Å². The maximum Gasteiger partial charge on any atom is 0.251 e. The molecule has 1 aromatic carbocycles. The molecule has 0 saturated carbocycles. The normalized spacial score (nSPS) is 14.2. The summed E-state index contributed by atoms with van der Waals surface area (Å²) >= 11 is 1.42. The number of carbonyl (C=O) groups excluding carboxylic acids is 2. The third kappa shape index (κ3) is 4.36. The Morgan fingerprint density at radius 2 is 1.92 bits per heavy atom. The molecule has 1 N–H and O–H groups in total. The number of hydrogen-bond acceptors (Lipinski definition) is 6. The van der Waals surface area contributed by atoms with Crippen LogP contribution < -0.4 is 15.0 Å². The van der Waals surface area contributed by atoms with Crippen LogP contribution in [0.1, 0.15) is 39.3 Å². The van der Waals surface area contributed by atoms with E-state index in [2.05, 4.69) is 15.2 Å². The number of thiazole rings is 1. The second kappa shape index (κ2) is 8.11. The predicted molar refractivity (Wildman–Crippen MR) is 97.8 cm³/mol. The van der Waals surface area contributed by atoms with E-state index < -0.39 is 0 Å². The topological polar surface area (TPSA) is 71.5 Å². The van der Waals surface area contributed by atoms with Gasteiger partial charge >= 0.3 is 0 Å². The minimum absolute atomic E-state index is 0.0407. The maximum absolute atomic E-state index is 12.3. The van der Waals surface area contributed by atoms with Crippen LogP contribution in [0.2, 0.25) is 0 Å². The second-order valence-corrected chi connectivity index (χ2v) is 6.88. The Kier molecular flexibility index (Phi) is 5.65. The summed E-state index contributed by atoms with van der Waals surface area (Å²) in [5.41, 5.74) is 0.551. The van der Waals surface area contributed by atoms with Crippen LogP contribution in [-0.2, 0) is 0 Å². The SMILES string of the molecule is CNC(=O)c1ccc(OCC(=O)c2cnc(N3CCCCC3)s2)cc1. The number of benzene rings is 1. The minimum Gasteiger partial charge on any atom is -0.485 e. The summed E-state index contributed by atoms with van der Waals surface area (Å²) in [5.74, 6) is 0.315. The molecule has 1 amide bonds. The van der Waals surface area contributed by atoms with Crippen molar-refractivity contribution in [2.45, 2.75) is 19.3 Å². The van der Waals surface area contributed by atoms with Crippen molar-refractivity contribution in [3.63, 3.8) is 0 Å². The van der Waals surface area contributed by atoms with Gasteiger partial charge in [-0.1, -0.05) is 11.3 Å². The fourth-order valence-electron chi connectivity index (χ4n) is 2.69. The Hall–Kier alpha value is -2.41. The molecule has 25 heavy (non-hydrogen) atoms. The van der Waals surface area contributed by atoms with Crippen molar-refractivity contribution in [2.24, 2.45) is 0 Å². The number of rotatable bonds is 6. The van der Waals surface area contributed by atoms with Gasteiger partial charge in [-0.25, -0.2) is 4.98 Å². The Bertz CT molecular complexity index is 736. The van der Waals surface area contributed by atoms with Crippen molar-refractivity contribution in [2.75, 3.05) is 31.6 Å². The van der Waals surface area contributed by atoms with Gasteiger partial charge in [0.2, 0.25) is 5.78 Å². The van der Waals surface area contributed by atoms with Crippen LogP contribution in [0.3, 0.4) is 0 Å². The summed E-state index contributed by atoms with van der Waals surface area (Å²) in [6, 6.07) is 6.70.